The molecule has 0 atom stereocenters. The lowest BCUT2D eigenvalue weighted by molar-refractivity contribution is 1.15. The van der Waals surface area contributed by atoms with E-state index in [0.717, 1.165) is 20.6 Å². The number of hydrogen-bond donors (Lipinski definition) is 0. The van der Waals surface area contributed by atoms with E-state index >= 15 is 0 Å². The third-order valence-electron chi connectivity index (χ3n) is 3.74. The zero-order valence-electron chi connectivity index (χ0n) is 11.8. The van der Waals surface area contributed by atoms with Gasteiger partial charge >= 0.3 is 0 Å². The first-order chi connectivity index (χ1) is 10.8. The van der Waals surface area contributed by atoms with Gasteiger partial charge < -0.3 is 0 Å². The highest BCUT2D eigenvalue weighted by atomic mass is 127. The summed E-state index contributed by atoms with van der Waals surface area (Å²) in [5.41, 5.74) is 5.62. The quantitative estimate of drug-likeness (QED) is 0.422. The highest BCUT2D eigenvalue weighted by Gasteiger charge is 2.11. The van der Waals surface area contributed by atoms with Crippen molar-refractivity contribution in [3.05, 3.63) is 82.7 Å². The molecule has 0 spiro atoms. The van der Waals surface area contributed by atoms with E-state index in [1.54, 1.807) is 0 Å². The molecular weight excluding hydrogens is 383 g/mol. The van der Waals surface area contributed by atoms with Crippen molar-refractivity contribution in [1.29, 1.82) is 0 Å². The van der Waals surface area contributed by atoms with Crippen molar-refractivity contribution >= 4 is 28.2 Å². The van der Waals surface area contributed by atoms with Crippen LogP contribution in [-0.2, 0) is 0 Å². The van der Waals surface area contributed by atoms with E-state index in [1.807, 2.05) is 30.5 Å². The molecule has 0 aliphatic heterocycles. The van der Waals surface area contributed by atoms with Gasteiger partial charge in [0.25, 0.3) is 0 Å². The van der Waals surface area contributed by atoms with E-state index < -0.39 is 0 Å². The second kappa shape index (κ2) is 5.57. The predicted octanol–water partition coefficient (Wildman–Crippen LogP) is 5.27. The van der Waals surface area contributed by atoms with Crippen LogP contribution in [0.5, 0.6) is 0 Å². The molecule has 0 unspecified atom stereocenters. The van der Waals surface area contributed by atoms with Crippen LogP contribution in [0.2, 0.25) is 0 Å². The molecule has 0 fully saturated rings. The molecule has 0 saturated heterocycles. The number of halogens is 1. The number of hydrogen-bond acceptors (Lipinski definition) is 1. The van der Waals surface area contributed by atoms with Crippen molar-refractivity contribution in [2.75, 3.05) is 0 Å². The summed E-state index contributed by atoms with van der Waals surface area (Å²) in [6.07, 6.45) is 2.05. The lowest BCUT2D eigenvalue weighted by Crippen LogP contribution is -1.86. The van der Waals surface area contributed by atoms with Crippen LogP contribution in [0.25, 0.3) is 28.0 Å². The van der Waals surface area contributed by atoms with Crippen LogP contribution < -0.4 is 0 Å². The number of imidazole rings is 1. The summed E-state index contributed by atoms with van der Waals surface area (Å²) in [5, 5.41) is 0. The zero-order valence-corrected chi connectivity index (χ0v) is 13.9. The average Bonchev–Trinajstić information content (AvgIpc) is 2.93. The standard InChI is InChI=1S/C19H13IN2/c20-19-18(21-17-8-4-5-13-22(17)19)16-11-9-15(10-12-16)14-6-2-1-3-7-14/h1-13H. The molecule has 0 amide bonds. The lowest BCUT2D eigenvalue weighted by atomic mass is 10.0. The first-order valence-electron chi connectivity index (χ1n) is 7.11. The molecule has 106 valence electrons. The molecule has 0 N–H and O–H groups in total. The molecule has 2 aromatic heterocycles. The van der Waals surface area contributed by atoms with Crippen LogP contribution in [0.4, 0.5) is 0 Å². The Morgan fingerprint density at radius 2 is 1.32 bits per heavy atom. The molecular formula is C19H13IN2. The first-order valence-corrected chi connectivity index (χ1v) is 8.19. The Kier molecular flexibility index (Phi) is 3.42. The van der Waals surface area contributed by atoms with Crippen molar-refractivity contribution in [2.24, 2.45) is 0 Å². The first kappa shape index (κ1) is 13.5. The summed E-state index contributed by atoms with van der Waals surface area (Å²) >= 11 is 2.36. The van der Waals surface area contributed by atoms with Crippen LogP contribution in [0.3, 0.4) is 0 Å². The third kappa shape index (κ3) is 2.31. The molecule has 2 heterocycles. The highest BCUT2D eigenvalue weighted by Crippen LogP contribution is 2.28. The van der Waals surface area contributed by atoms with Crippen molar-refractivity contribution in [2.45, 2.75) is 0 Å². The van der Waals surface area contributed by atoms with Gasteiger partial charge in [0, 0.05) is 11.8 Å². The Balaban J connectivity index is 1.78. The molecule has 0 bridgehead atoms. The number of aromatic nitrogens is 2. The van der Waals surface area contributed by atoms with E-state index in [1.165, 1.54) is 11.1 Å². The summed E-state index contributed by atoms with van der Waals surface area (Å²) in [4.78, 5) is 4.74. The number of benzene rings is 2. The van der Waals surface area contributed by atoms with E-state index in [2.05, 4.69) is 75.5 Å². The fraction of sp³-hybridized carbons (Fsp3) is 0. The molecule has 0 aliphatic rings. The summed E-state index contributed by atoms with van der Waals surface area (Å²) in [7, 11) is 0. The molecule has 4 aromatic rings. The van der Waals surface area contributed by atoms with Gasteiger partial charge in [-0.1, -0.05) is 60.7 Å². The maximum absolute atomic E-state index is 4.74. The number of fused-ring (bicyclic) bond motifs is 1. The molecule has 0 saturated carbocycles. The third-order valence-corrected chi connectivity index (χ3v) is 4.77. The zero-order chi connectivity index (χ0) is 14.9. The average molecular weight is 396 g/mol. The van der Waals surface area contributed by atoms with Crippen molar-refractivity contribution in [3.8, 4) is 22.4 Å². The van der Waals surface area contributed by atoms with Crippen molar-refractivity contribution < 1.29 is 0 Å². The molecule has 3 heteroatoms. The smallest absolute Gasteiger partial charge is 0.138 e. The van der Waals surface area contributed by atoms with Gasteiger partial charge in [0.15, 0.2) is 0 Å². The SMILES string of the molecule is Ic1c(-c2ccc(-c3ccccc3)cc2)nc2ccccn12. The monoisotopic (exact) mass is 396 g/mol. The molecule has 0 radical (unpaired) electrons. The molecule has 2 aromatic carbocycles. The van der Waals surface area contributed by atoms with Crippen LogP contribution >= 0.6 is 22.6 Å². The van der Waals surface area contributed by atoms with Crippen LogP contribution in [0.15, 0.2) is 79.0 Å². The summed E-state index contributed by atoms with van der Waals surface area (Å²) in [6.45, 7) is 0. The minimum absolute atomic E-state index is 0.981. The maximum Gasteiger partial charge on any atom is 0.138 e. The fourth-order valence-corrected chi connectivity index (χ4v) is 3.44. The van der Waals surface area contributed by atoms with Gasteiger partial charge in [-0.3, -0.25) is 4.40 Å². The van der Waals surface area contributed by atoms with E-state index in [4.69, 9.17) is 4.98 Å². The maximum atomic E-state index is 4.74. The van der Waals surface area contributed by atoms with E-state index in [-0.39, 0.29) is 0 Å². The van der Waals surface area contributed by atoms with Gasteiger partial charge in [-0.2, -0.15) is 0 Å². The van der Waals surface area contributed by atoms with Crippen molar-refractivity contribution in [1.82, 2.24) is 9.38 Å². The van der Waals surface area contributed by atoms with Crippen LogP contribution in [-0.4, -0.2) is 9.38 Å². The lowest BCUT2D eigenvalue weighted by Gasteiger charge is -2.03. The Morgan fingerprint density at radius 3 is 2.05 bits per heavy atom. The largest absolute Gasteiger partial charge is 0.294 e. The van der Waals surface area contributed by atoms with E-state index in [9.17, 15) is 0 Å². The molecule has 4 rings (SSSR count). The Bertz CT molecular complexity index is 925. The minimum Gasteiger partial charge on any atom is -0.294 e. The second-order valence-electron chi connectivity index (χ2n) is 5.12. The normalized spacial score (nSPS) is 11.0. The predicted molar refractivity (Wildman–Crippen MR) is 98.8 cm³/mol. The Labute approximate surface area is 142 Å². The summed E-state index contributed by atoms with van der Waals surface area (Å²) in [5.74, 6) is 0. The fourth-order valence-electron chi connectivity index (χ4n) is 2.60. The summed E-state index contributed by atoms with van der Waals surface area (Å²) in [6, 6.07) is 25.1. The molecule has 2 nitrogen and oxygen atoms in total. The second-order valence-corrected chi connectivity index (χ2v) is 6.15. The number of pyridine rings is 1. The van der Waals surface area contributed by atoms with Gasteiger partial charge in [0.05, 0.1) is 0 Å². The Hall–Kier alpha value is -2.14. The van der Waals surface area contributed by atoms with Crippen LogP contribution in [0, 0.1) is 3.70 Å². The van der Waals surface area contributed by atoms with E-state index in [0.29, 0.717) is 0 Å². The van der Waals surface area contributed by atoms with Gasteiger partial charge in [-0.25, -0.2) is 4.98 Å². The van der Waals surface area contributed by atoms with Gasteiger partial charge in [0.2, 0.25) is 0 Å². The molecule has 22 heavy (non-hydrogen) atoms. The van der Waals surface area contributed by atoms with Gasteiger partial charge in [0.1, 0.15) is 15.0 Å². The van der Waals surface area contributed by atoms with Gasteiger partial charge in [-0.15, -0.1) is 0 Å². The Morgan fingerprint density at radius 1 is 0.682 bits per heavy atom. The number of nitrogens with zero attached hydrogens (tertiary/aromatic N) is 2. The molecule has 0 aliphatic carbocycles. The minimum atomic E-state index is 0.981. The van der Waals surface area contributed by atoms with Crippen molar-refractivity contribution in [3.63, 3.8) is 0 Å². The topological polar surface area (TPSA) is 17.3 Å². The van der Waals surface area contributed by atoms with Gasteiger partial charge in [-0.05, 0) is 45.9 Å². The number of rotatable bonds is 2. The highest BCUT2D eigenvalue weighted by molar-refractivity contribution is 14.1. The van der Waals surface area contributed by atoms with Crippen LogP contribution in [0.1, 0.15) is 0 Å². The summed E-state index contributed by atoms with van der Waals surface area (Å²) < 4.78 is 3.25.